The molecule has 0 aromatic carbocycles. The normalized spacial score (nSPS) is 26.8. The van der Waals surface area contributed by atoms with Crippen molar-refractivity contribution in [3.8, 4) is 0 Å². The average molecular weight is 209 g/mol. The number of rotatable bonds is 3. The molecule has 84 valence electrons. The van der Waals surface area contributed by atoms with Gasteiger partial charge in [0.05, 0.1) is 11.8 Å². The first-order valence-electron chi connectivity index (χ1n) is 5.57. The first-order valence-corrected chi connectivity index (χ1v) is 5.57. The van der Waals surface area contributed by atoms with Crippen LogP contribution in [0.15, 0.2) is 12.3 Å². The van der Waals surface area contributed by atoms with Crippen molar-refractivity contribution < 1.29 is 4.74 Å². The van der Waals surface area contributed by atoms with E-state index in [1.165, 1.54) is 5.69 Å². The molecular formula is C11H19N3O. The SMILES string of the molecule is CC1CC(NCc2ccnn2C)CCO1. The molecule has 0 aliphatic carbocycles. The van der Waals surface area contributed by atoms with Crippen molar-refractivity contribution in [3.63, 3.8) is 0 Å². The van der Waals surface area contributed by atoms with Crippen molar-refractivity contribution >= 4 is 0 Å². The van der Waals surface area contributed by atoms with Crippen molar-refractivity contribution in [1.29, 1.82) is 0 Å². The lowest BCUT2D eigenvalue weighted by atomic mass is 10.0. The zero-order valence-corrected chi connectivity index (χ0v) is 9.44. The number of hydrogen-bond donors (Lipinski definition) is 1. The minimum Gasteiger partial charge on any atom is -0.378 e. The maximum absolute atomic E-state index is 5.51. The molecule has 1 aliphatic rings. The monoisotopic (exact) mass is 209 g/mol. The summed E-state index contributed by atoms with van der Waals surface area (Å²) in [6.45, 7) is 3.91. The Bertz CT molecular complexity index is 311. The van der Waals surface area contributed by atoms with E-state index < -0.39 is 0 Å². The topological polar surface area (TPSA) is 39.1 Å². The van der Waals surface area contributed by atoms with Gasteiger partial charge >= 0.3 is 0 Å². The molecule has 2 unspecified atom stereocenters. The van der Waals surface area contributed by atoms with Crippen LogP contribution in [0.5, 0.6) is 0 Å². The second-order valence-electron chi connectivity index (χ2n) is 4.23. The molecule has 2 rings (SSSR count). The quantitative estimate of drug-likeness (QED) is 0.809. The molecule has 1 fully saturated rings. The Hall–Kier alpha value is -0.870. The Kier molecular flexibility index (Phi) is 3.38. The van der Waals surface area contributed by atoms with E-state index in [9.17, 15) is 0 Å². The fraction of sp³-hybridized carbons (Fsp3) is 0.727. The lowest BCUT2D eigenvalue weighted by Crippen LogP contribution is -2.37. The van der Waals surface area contributed by atoms with E-state index in [-0.39, 0.29) is 0 Å². The van der Waals surface area contributed by atoms with E-state index in [0.29, 0.717) is 12.1 Å². The molecule has 15 heavy (non-hydrogen) atoms. The summed E-state index contributed by atoms with van der Waals surface area (Å²) in [4.78, 5) is 0. The summed E-state index contributed by atoms with van der Waals surface area (Å²) >= 11 is 0. The predicted molar refractivity (Wildman–Crippen MR) is 58.5 cm³/mol. The van der Waals surface area contributed by atoms with Crippen LogP contribution in [-0.4, -0.2) is 28.5 Å². The lowest BCUT2D eigenvalue weighted by molar-refractivity contribution is 0.0129. The number of ether oxygens (including phenoxy) is 1. The van der Waals surface area contributed by atoms with Crippen LogP contribution >= 0.6 is 0 Å². The predicted octanol–water partition coefficient (Wildman–Crippen LogP) is 1.08. The highest BCUT2D eigenvalue weighted by molar-refractivity contribution is 4.99. The highest BCUT2D eigenvalue weighted by Gasteiger charge is 2.18. The molecule has 0 bridgehead atoms. The largest absolute Gasteiger partial charge is 0.378 e. The van der Waals surface area contributed by atoms with Crippen molar-refractivity contribution in [2.24, 2.45) is 7.05 Å². The molecule has 0 radical (unpaired) electrons. The Balaban J connectivity index is 1.80. The average Bonchev–Trinajstić information content (AvgIpc) is 2.61. The molecule has 4 nitrogen and oxygen atoms in total. The van der Waals surface area contributed by atoms with Crippen LogP contribution in [0, 0.1) is 0 Å². The van der Waals surface area contributed by atoms with E-state index in [1.54, 1.807) is 0 Å². The van der Waals surface area contributed by atoms with Crippen LogP contribution in [-0.2, 0) is 18.3 Å². The third-order valence-corrected chi connectivity index (χ3v) is 2.98. The third kappa shape index (κ3) is 2.79. The number of aromatic nitrogens is 2. The molecule has 1 saturated heterocycles. The van der Waals surface area contributed by atoms with Crippen LogP contribution in [0.3, 0.4) is 0 Å². The summed E-state index contributed by atoms with van der Waals surface area (Å²) in [6.07, 6.45) is 4.45. The molecule has 1 aromatic rings. The Morgan fingerprint density at radius 2 is 2.53 bits per heavy atom. The van der Waals surface area contributed by atoms with Gasteiger partial charge in [-0.3, -0.25) is 4.68 Å². The summed E-state index contributed by atoms with van der Waals surface area (Å²) in [5.41, 5.74) is 1.23. The van der Waals surface area contributed by atoms with Crippen molar-refractivity contribution in [2.45, 2.75) is 38.5 Å². The van der Waals surface area contributed by atoms with Crippen LogP contribution < -0.4 is 5.32 Å². The molecule has 1 N–H and O–H groups in total. The van der Waals surface area contributed by atoms with Gasteiger partial charge in [0.15, 0.2) is 0 Å². The Morgan fingerprint density at radius 1 is 1.67 bits per heavy atom. The zero-order valence-electron chi connectivity index (χ0n) is 9.44. The van der Waals surface area contributed by atoms with Crippen molar-refractivity contribution in [2.75, 3.05) is 6.61 Å². The molecular weight excluding hydrogens is 190 g/mol. The van der Waals surface area contributed by atoms with E-state index in [2.05, 4.69) is 23.4 Å². The van der Waals surface area contributed by atoms with Gasteiger partial charge in [0.25, 0.3) is 0 Å². The van der Waals surface area contributed by atoms with Gasteiger partial charge in [0.1, 0.15) is 0 Å². The Morgan fingerprint density at radius 3 is 3.20 bits per heavy atom. The van der Waals surface area contributed by atoms with Gasteiger partial charge in [-0.05, 0) is 25.8 Å². The van der Waals surface area contributed by atoms with Crippen molar-refractivity contribution in [1.82, 2.24) is 15.1 Å². The fourth-order valence-electron chi connectivity index (χ4n) is 2.01. The Labute approximate surface area is 90.6 Å². The molecule has 2 atom stereocenters. The fourth-order valence-corrected chi connectivity index (χ4v) is 2.01. The molecule has 1 aliphatic heterocycles. The standard InChI is InChI=1S/C11H19N3O/c1-9-7-10(4-6-15-9)12-8-11-3-5-13-14(11)2/h3,5,9-10,12H,4,6-8H2,1-2H3. The van der Waals surface area contributed by atoms with Gasteiger partial charge in [0, 0.05) is 32.4 Å². The van der Waals surface area contributed by atoms with Crippen LogP contribution in [0.25, 0.3) is 0 Å². The first-order chi connectivity index (χ1) is 7.25. The third-order valence-electron chi connectivity index (χ3n) is 2.98. The summed E-state index contributed by atoms with van der Waals surface area (Å²) in [7, 11) is 1.98. The second-order valence-corrected chi connectivity index (χ2v) is 4.23. The van der Waals surface area contributed by atoms with E-state index in [4.69, 9.17) is 4.74 Å². The van der Waals surface area contributed by atoms with E-state index >= 15 is 0 Å². The second kappa shape index (κ2) is 4.77. The van der Waals surface area contributed by atoms with Gasteiger partial charge in [-0.1, -0.05) is 0 Å². The minimum atomic E-state index is 0.391. The first kappa shape index (κ1) is 10.6. The lowest BCUT2D eigenvalue weighted by Gasteiger charge is -2.28. The summed E-state index contributed by atoms with van der Waals surface area (Å²) in [5.74, 6) is 0. The number of aryl methyl sites for hydroxylation is 1. The highest BCUT2D eigenvalue weighted by atomic mass is 16.5. The van der Waals surface area contributed by atoms with Crippen molar-refractivity contribution in [3.05, 3.63) is 18.0 Å². The summed E-state index contributed by atoms with van der Waals surface area (Å²) in [6, 6.07) is 2.64. The molecule has 2 heterocycles. The van der Waals surface area contributed by atoms with E-state index in [1.807, 2.05) is 17.9 Å². The maximum atomic E-state index is 5.51. The molecule has 0 spiro atoms. The van der Waals surface area contributed by atoms with Gasteiger partial charge in [0.2, 0.25) is 0 Å². The van der Waals surface area contributed by atoms with E-state index in [0.717, 1.165) is 26.0 Å². The summed E-state index contributed by atoms with van der Waals surface area (Å²) < 4.78 is 7.42. The number of nitrogens with one attached hydrogen (secondary N) is 1. The van der Waals surface area contributed by atoms with Gasteiger partial charge in [-0.15, -0.1) is 0 Å². The smallest absolute Gasteiger partial charge is 0.0561 e. The molecule has 1 aromatic heterocycles. The molecule has 0 saturated carbocycles. The highest BCUT2D eigenvalue weighted by Crippen LogP contribution is 2.13. The van der Waals surface area contributed by atoms with Crippen LogP contribution in [0.1, 0.15) is 25.5 Å². The van der Waals surface area contributed by atoms with Crippen LogP contribution in [0.2, 0.25) is 0 Å². The van der Waals surface area contributed by atoms with Gasteiger partial charge < -0.3 is 10.1 Å². The maximum Gasteiger partial charge on any atom is 0.0561 e. The molecule has 4 heteroatoms. The number of hydrogen-bond acceptors (Lipinski definition) is 3. The number of nitrogens with zero attached hydrogens (tertiary/aromatic N) is 2. The minimum absolute atomic E-state index is 0.391. The van der Waals surface area contributed by atoms with Gasteiger partial charge in [-0.25, -0.2) is 0 Å². The van der Waals surface area contributed by atoms with Gasteiger partial charge in [-0.2, -0.15) is 5.10 Å². The zero-order chi connectivity index (χ0) is 10.7. The van der Waals surface area contributed by atoms with Crippen LogP contribution in [0.4, 0.5) is 0 Å². The summed E-state index contributed by atoms with van der Waals surface area (Å²) in [5, 5.41) is 7.70. The molecule has 0 amide bonds.